The highest BCUT2D eigenvalue weighted by molar-refractivity contribution is 7.47. The molecule has 1 aliphatic rings. The minimum absolute atomic E-state index is 0. The van der Waals surface area contributed by atoms with E-state index in [1.165, 1.54) is 13.1 Å². The first-order chi connectivity index (χ1) is 8.52. The zero-order valence-corrected chi connectivity index (χ0v) is 12.7. The van der Waals surface area contributed by atoms with Gasteiger partial charge in [0.15, 0.2) is 18.3 Å². The van der Waals surface area contributed by atoms with Gasteiger partial charge in [0.25, 0.3) is 0 Å². The third-order valence-electron chi connectivity index (χ3n) is 2.53. The summed E-state index contributed by atoms with van der Waals surface area (Å²) in [6, 6.07) is 0. The van der Waals surface area contributed by atoms with Crippen LogP contribution in [0.3, 0.4) is 0 Å². The molecule has 0 amide bonds. The second-order valence-corrected chi connectivity index (χ2v) is 4.15. The average Bonchev–Trinajstić information content (AvgIpc) is 2.36. The zero-order valence-electron chi connectivity index (χ0n) is 10.3. The van der Waals surface area contributed by atoms with E-state index in [4.69, 9.17) is 0 Å². The summed E-state index contributed by atoms with van der Waals surface area (Å²) in [4.78, 5) is 8.08. The van der Waals surface area contributed by atoms with Gasteiger partial charge in [-0.25, -0.2) is 10.3 Å². The van der Waals surface area contributed by atoms with Crippen molar-refractivity contribution in [1.82, 2.24) is 15.3 Å². The number of aliphatic hydroxyl groups excluding tert-OH is 3. The highest BCUT2D eigenvalue weighted by Gasteiger charge is 2.27. The number of anilines is 1. The van der Waals surface area contributed by atoms with Crippen molar-refractivity contribution in [2.24, 2.45) is 4.36 Å². The van der Waals surface area contributed by atoms with Gasteiger partial charge in [0.2, 0.25) is 0 Å². The molecule has 114 valence electrons. The maximum Gasteiger partial charge on any atom is 0.189 e. The Hall–Kier alpha value is -0.680. The van der Waals surface area contributed by atoms with E-state index in [2.05, 4.69) is 37.4 Å². The number of hydrogen-bond acceptors (Lipinski definition) is 9. The van der Waals surface area contributed by atoms with Gasteiger partial charge in [-0.05, 0) is 6.92 Å². The van der Waals surface area contributed by atoms with Gasteiger partial charge in [0.05, 0.1) is 18.0 Å². The van der Waals surface area contributed by atoms with Crippen LogP contribution in [0, 0.1) is 0 Å². The van der Waals surface area contributed by atoms with Crippen LogP contribution in [0.25, 0.3) is 0 Å². The minimum atomic E-state index is -1.14. The summed E-state index contributed by atoms with van der Waals surface area (Å²) in [5.41, 5.74) is 0.486. The lowest BCUT2D eigenvalue weighted by Crippen LogP contribution is -2.42. The van der Waals surface area contributed by atoms with E-state index in [-0.39, 0.29) is 42.0 Å². The van der Waals surface area contributed by atoms with Gasteiger partial charge in [-0.1, -0.05) is 0 Å². The van der Waals surface area contributed by atoms with Gasteiger partial charge in [-0.15, -0.1) is 24.8 Å². The zero-order chi connectivity index (χ0) is 13.3. The second-order valence-electron chi connectivity index (χ2n) is 3.94. The van der Waals surface area contributed by atoms with E-state index in [1.54, 1.807) is 0 Å². The van der Waals surface area contributed by atoms with Crippen molar-refractivity contribution in [3.63, 3.8) is 0 Å². The van der Waals surface area contributed by atoms with Crippen LogP contribution >= 0.6 is 24.8 Å². The topological polar surface area (TPSA) is 123 Å². The van der Waals surface area contributed by atoms with Gasteiger partial charge in [-0.3, -0.25) is 4.98 Å². The van der Waals surface area contributed by atoms with Crippen LogP contribution in [0.15, 0.2) is 10.6 Å². The van der Waals surface area contributed by atoms with Crippen LogP contribution in [-0.4, -0.2) is 37.7 Å². The summed E-state index contributed by atoms with van der Waals surface area (Å²) >= 11 is 4.53. The monoisotopic (exact) mass is 343 g/mol. The summed E-state index contributed by atoms with van der Waals surface area (Å²) in [7, 11) is 0. The Morgan fingerprint density at radius 3 is 2.60 bits per heavy atom. The Bertz CT molecular complexity index is 467. The molecule has 0 saturated heterocycles. The average molecular weight is 344 g/mol. The number of aliphatic hydroxyl groups is 3. The maximum absolute atomic E-state index is 9.73. The molecule has 0 bridgehead atoms. The fraction of sp³-hybridized carbons (Fsp3) is 0.556. The lowest BCUT2D eigenvalue weighted by Gasteiger charge is -2.27. The van der Waals surface area contributed by atoms with E-state index >= 15 is 0 Å². The molecular formula is C9H15Cl2N5O3S. The Labute approximate surface area is 133 Å². The molecule has 20 heavy (non-hydrogen) atoms. The fourth-order valence-corrected chi connectivity index (χ4v) is 1.68. The molecule has 0 aliphatic carbocycles. The first-order valence-electron chi connectivity index (χ1n) is 5.29. The van der Waals surface area contributed by atoms with Gasteiger partial charge in [0, 0.05) is 12.4 Å². The lowest BCUT2D eigenvalue weighted by molar-refractivity contribution is 0.0274. The molecule has 0 radical (unpaired) electrons. The van der Waals surface area contributed by atoms with Crippen molar-refractivity contribution in [2.75, 3.05) is 5.32 Å². The molecule has 4 unspecified atom stereocenters. The van der Waals surface area contributed by atoms with Crippen LogP contribution in [-0.2, 0) is 12.4 Å². The smallest absolute Gasteiger partial charge is 0.189 e. The normalized spacial score (nSPS) is 23.2. The van der Waals surface area contributed by atoms with Crippen LogP contribution in [0.2, 0.25) is 0 Å². The maximum atomic E-state index is 9.73. The predicted molar refractivity (Wildman–Crippen MR) is 78.5 cm³/mol. The lowest BCUT2D eigenvalue weighted by atomic mass is 10.1. The third-order valence-corrected chi connectivity index (χ3v) is 2.74. The van der Waals surface area contributed by atoms with Gasteiger partial charge < -0.3 is 20.6 Å². The van der Waals surface area contributed by atoms with Crippen LogP contribution in [0.5, 0.6) is 0 Å². The van der Waals surface area contributed by atoms with Crippen LogP contribution in [0.4, 0.5) is 5.82 Å². The van der Waals surface area contributed by atoms with E-state index in [0.717, 1.165) is 0 Å². The summed E-state index contributed by atoms with van der Waals surface area (Å²) < 4.78 is 3.53. The van der Waals surface area contributed by atoms with Gasteiger partial charge >= 0.3 is 0 Å². The first-order valence-corrected chi connectivity index (χ1v) is 5.65. The highest BCUT2D eigenvalue weighted by atomic mass is 35.5. The molecule has 2 rings (SSSR count). The second kappa shape index (κ2) is 7.93. The van der Waals surface area contributed by atoms with E-state index in [1.807, 2.05) is 0 Å². The summed E-state index contributed by atoms with van der Waals surface area (Å²) in [6.07, 6.45) is -2.51. The molecule has 0 fully saturated rings. The van der Waals surface area contributed by atoms with Crippen LogP contribution in [0.1, 0.15) is 30.6 Å². The molecule has 8 nitrogen and oxygen atoms in total. The molecule has 0 aromatic carbocycles. The number of rotatable bonds is 3. The molecule has 4 atom stereocenters. The SMILES string of the molecule is CC(O)C(O)c1cnc2c(n1)NC(N=S)NC2O.Cl.Cl. The largest absolute Gasteiger partial charge is 0.390 e. The molecule has 11 heteroatoms. The number of aromatic nitrogens is 2. The highest BCUT2D eigenvalue weighted by Crippen LogP contribution is 2.25. The van der Waals surface area contributed by atoms with Crippen molar-refractivity contribution in [3.8, 4) is 0 Å². The first kappa shape index (κ1) is 19.3. The van der Waals surface area contributed by atoms with E-state index in [0.29, 0.717) is 0 Å². The van der Waals surface area contributed by atoms with Crippen LogP contribution < -0.4 is 10.6 Å². The van der Waals surface area contributed by atoms with E-state index < -0.39 is 24.7 Å². The van der Waals surface area contributed by atoms with E-state index in [9.17, 15) is 15.3 Å². The molecular weight excluding hydrogens is 329 g/mol. The number of nitrogens with zero attached hydrogens (tertiary/aromatic N) is 3. The summed E-state index contributed by atoms with van der Waals surface area (Å²) in [5.74, 6) is 0.275. The van der Waals surface area contributed by atoms with Crippen molar-refractivity contribution in [1.29, 1.82) is 0 Å². The van der Waals surface area contributed by atoms with Crippen molar-refractivity contribution < 1.29 is 15.3 Å². The fourth-order valence-electron chi connectivity index (χ4n) is 1.56. The Morgan fingerprint density at radius 2 is 2.05 bits per heavy atom. The third kappa shape index (κ3) is 3.92. The molecule has 2 heterocycles. The molecule has 1 aliphatic heterocycles. The standard InChI is InChI=1S/C9H13N5O3S.2ClH/c1-3(15)6(16)4-2-10-5-7(11-4)12-9(14-18)13-8(5)17;;/h2-3,6,8-9,13,15-17H,1H3,(H,11,12);2*1H. The number of nitrogens with one attached hydrogen (secondary N) is 2. The predicted octanol–water partition coefficient (Wildman–Crippen LogP) is -0.246. The summed E-state index contributed by atoms with van der Waals surface area (Å²) in [6.45, 7) is 1.44. The Kier molecular flexibility index (Phi) is 7.66. The quantitative estimate of drug-likeness (QED) is 0.509. The molecule has 1 aromatic heterocycles. The van der Waals surface area contributed by atoms with Gasteiger partial charge in [-0.2, -0.15) is 4.36 Å². The number of hydrogen-bond donors (Lipinski definition) is 5. The van der Waals surface area contributed by atoms with Gasteiger partial charge in [0.1, 0.15) is 11.8 Å². The minimum Gasteiger partial charge on any atom is -0.390 e. The van der Waals surface area contributed by atoms with Crippen molar-refractivity contribution >= 4 is 43.1 Å². The Balaban J connectivity index is 0.00000180. The molecule has 0 spiro atoms. The summed E-state index contributed by atoms with van der Waals surface area (Å²) in [5, 5.41) is 34.2. The Morgan fingerprint density at radius 1 is 1.40 bits per heavy atom. The molecule has 0 saturated carbocycles. The van der Waals surface area contributed by atoms with Crippen molar-refractivity contribution in [3.05, 3.63) is 17.6 Å². The van der Waals surface area contributed by atoms with Crippen molar-refractivity contribution in [2.45, 2.75) is 31.6 Å². The number of halogens is 2. The number of fused-ring (bicyclic) bond motifs is 1. The molecule has 5 N–H and O–H groups in total. The molecule has 1 aromatic rings.